The van der Waals surface area contributed by atoms with Crippen LogP contribution in [0.25, 0.3) is 0 Å². The van der Waals surface area contributed by atoms with Crippen LogP contribution in [0.15, 0.2) is 24.3 Å². The first kappa shape index (κ1) is 14.1. The number of ether oxygens (including phenoxy) is 1. The van der Waals surface area contributed by atoms with Gasteiger partial charge in [-0.2, -0.15) is 13.2 Å². The lowest BCUT2D eigenvalue weighted by Crippen LogP contribution is -2.27. The summed E-state index contributed by atoms with van der Waals surface area (Å²) in [7, 11) is 0.869. The van der Waals surface area contributed by atoms with Crippen LogP contribution in [-0.2, 0) is 15.7 Å². The maximum Gasteiger partial charge on any atom is 0.416 e. The Labute approximate surface area is 99.4 Å². The average Bonchev–Trinajstić information content (AvgIpc) is 2.35. The molecule has 0 saturated carbocycles. The number of benzene rings is 1. The second-order valence-electron chi connectivity index (χ2n) is 3.33. The number of ketones is 1. The minimum Gasteiger partial charge on any atom is -0.467 e. The molecule has 0 N–H and O–H groups in total. The van der Waals surface area contributed by atoms with Gasteiger partial charge in [-0.3, -0.25) is 4.79 Å². The van der Waals surface area contributed by atoms with Crippen molar-refractivity contribution in [1.82, 2.24) is 0 Å². The van der Waals surface area contributed by atoms with Crippen molar-refractivity contribution in [2.45, 2.75) is 12.3 Å². The van der Waals surface area contributed by atoms with Gasteiger partial charge >= 0.3 is 12.1 Å². The van der Waals surface area contributed by atoms with Crippen LogP contribution in [0.1, 0.15) is 15.9 Å². The second-order valence-corrected chi connectivity index (χ2v) is 3.33. The molecule has 0 bridgehead atoms. The van der Waals surface area contributed by atoms with Gasteiger partial charge in [-0.15, -0.1) is 0 Å². The van der Waals surface area contributed by atoms with Crippen LogP contribution < -0.4 is 0 Å². The summed E-state index contributed by atoms with van der Waals surface area (Å²) in [4.78, 5) is 22.1. The first-order valence-electron chi connectivity index (χ1n) is 4.70. The number of alkyl halides is 4. The Morgan fingerprint density at radius 1 is 1.28 bits per heavy atom. The van der Waals surface area contributed by atoms with Gasteiger partial charge in [-0.25, -0.2) is 9.18 Å². The number of halogens is 4. The Bertz CT molecular complexity index is 468. The first-order chi connectivity index (χ1) is 8.27. The number of esters is 1. The maximum atomic E-state index is 13.2. The number of rotatable bonds is 3. The molecule has 0 radical (unpaired) electrons. The van der Waals surface area contributed by atoms with Crippen LogP contribution in [0.3, 0.4) is 0 Å². The molecule has 1 aromatic carbocycles. The number of hydrogen-bond acceptors (Lipinski definition) is 3. The second kappa shape index (κ2) is 5.16. The largest absolute Gasteiger partial charge is 0.467 e. The Hall–Kier alpha value is -1.92. The molecule has 98 valence electrons. The molecule has 1 rings (SSSR count). The molecule has 0 aromatic heterocycles. The highest BCUT2D eigenvalue weighted by molar-refractivity contribution is 6.11. The van der Waals surface area contributed by atoms with E-state index in [1.807, 2.05) is 0 Å². The van der Waals surface area contributed by atoms with E-state index in [2.05, 4.69) is 4.74 Å². The summed E-state index contributed by atoms with van der Waals surface area (Å²) in [6.45, 7) is 0. The van der Waals surface area contributed by atoms with Crippen LogP contribution in [0.4, 0.5) is 17.6 Å². The zero-order valence-corrected chi connectivity index (χ0v) is 9.12. The van der Waals surface area contributed by atoms with Gasteiger partial charge in [0.15, 0.2) is 0 Å². The Morgan fingerprint density at radius 3 is 2.39 bits per heavy atom. The van der Waals surface area contributed by atoms with Crippen molar-refractivity contribution >= 4 is 11.8 Å². The van der Waals surface area contributed by atoms with Gasteiger partial charge in [-0.1, -0.05) is 12.1 Å². The third-order valence-corrected chi connectivity index (χ3v) is 2.11. The topological polar surface area (TPSA) is 43.4 Å². The highest BCUT2D eigenvalue weighted by Crippen LogP contribution is 2.29. The zero-order chi connectivity index (χ0) is 13.9. The van der Waals surface area contributed by atoms with Crippen LogP contribution in [0.2, 0.25) is 0 Å². The molecule has 1 atom stereocenters. The summed E-state index contributed by atoms with van der Waals surface area (Å²) >= 11 is 0. The molecule has 0 saturated heterocycles. The fourth-order valence-electron chi connectivity index (χ4n) is 1.21. The van der Waals surface area contributed by atoms with E-state index in [0.29, 0.717) is 6.07 Å². The zero-order valence-electron chi connectivity index (χ0n) is 9.12. The van der Waals surface area contributed by atoms with Crippen LogP contribution in [-0.4, -0.2) is 25.0 Å². The maximum absolute atomic E-state index is 13.2. The fourth-order valence-corrected chi connectivity index (χ4v) is 1.21. The quantitative estimate of drug-likeness (QED) is 0.364. The van der Waals surface area contributed by atoms with Crippen molar-refractivity contribution in [2.24, 2.45) is 0 Å². The van der Waals surface area contributed by atoms with E-state index in [9.17, 15) is 27.2 Å². The van der Waals surface area contributed by atoms with Crippen LogP contribution >= 0.6 is 0 Å². The molecule has 18 heavy (non-hydrogen) atoms. The molecule has 1 unspecified atom stereocenters. The van der Waals surface area contributed by atoms with Gasteiger partial charge < -0.3 is 4.74 Å². The van der Waals surface area contributed by atoms with Crippen molar-refractivity contribution < 1.29 is 31.9 Å². The minimum absolute atomic E-state index is 0.484. The monoisotopic (exact) mass is 264 g/mol. The molecule has 0 fully saturated rings. The predicted molar refractivity (Wildman–Crippen MR) is 52.7 cm³/mol. The van der Waals surface area contributed by atoms with Crippen molar-refractivity contribution in [3.05, 3.63) is 35.4 Å². The van der Waals surface area contributed by atoms with Gasteiger partial charge in [0, 0.05) is 5.56 Å². The summed E-state index contributed by atoms with van der Waals surface area (Å²) in [5.74, 6) is -2.81. The molecule has 0 aliphatic rings. The van der Waals surface area contributed by atoms with E-state index in [4.69, 9.17) is 0 Å². The predicted octanol–water partition coefficient (Wildman–Crippen LogP) is 2.40. The van der Waals surface area contributed by atoms with Crippen LogP contribution in [0.5, 0.6) is 0 Å². The van der Waals surface area contributed by atoms with Crippen molar-refractivity contribution in [1.29, 1.82) is 0 Å². The Morgan fingerprint density at radius 2 is 1.89 bits per heavy atom. The summed E-state index contributed by atoms with van der Waals surface area (Å²) in [5.41, 5.74) is -1.63. The van der Waals surface area contributed by atoms with Crippen LogP contribution in [0, 0.1) is 0 Å². The lowest BCUT2D eigenvalue weighted by Gasteiger charge is -2.09. The van der Waals surface area contributed by atoms with E-state index in [-0.39, 0.29) is 0 Å². The van der Waals surface area contributed by atoms with Gasteiger partial charge in [0.2, 0.25) is 5.78 Å². The van der Waals surface area contributed by atoms with E-state index in [1.54, 1.807) is 0 Å². The first-order valence-corrected chi connectivity index (χ1v) is 4.70. The Balaban J connectivity index is 3.04. The summed E-state index contributed by atoms with van der Waals surface area (Å²) in [6.07, 6.45) is -7.27. The van der Waals surface area contributed by atoms with E-state index in [1.165, 1.54) is 0 Å². The standard InChI is InChI=1S/C11H8F4O3/c1-18-10(17)8(12)9(16)6-3-2-4-7(5-6)11(13,14)15/h2-5,8H,1H3. The third kappa shape index (κ3) is 3.06. The van der Waals surface area contributed by atoms with E-state index in [0.717, 1.165) is 25.3 Å². The Kier molecular flexibility index (Phi) is 4.05. The lowest BCUT2D eigenvalue weighted by molar-refractivity contribution is -0.144. The molecular formula is C11H8F4O3. The van der Waals surface area contributed by atoms with E-state index >= 15 is 0 Å². The van der Waals surface area contributed by atoms with Crippen molar-refractivity contribution in [3.8, 4) is 0 Å². The summed E-state index contributed by atoms with van der Waals surface area (Å²) in [5, 5.41) is 0. The van der Waals surface area contributed by atoms with Gasteiger partial charge in [0.1, 0.15) is 0 Å². The molecule has 3 nitrogen and oxygen atoms in total. The summed E-state index contributed by atoms with van der Waals surface area (Å²) in [6, 6.07) is 3.17. The van der Waals surface area contributed by atoms with Gasteiger partial charge in [0.05, 0.1) is 12.7 Å². The average molecular weight is 264 g/mol. The highest BCUT2D eigenvalue weighted by Gasteiger charge is 2.33. The van der Waals surface area contributed by atoms with Crippen molar-refractivity contribution in [2.75, 3.05) is 7.11 Å². The minimum atomic E-state index is -4.65. The SMILES string of the molecule is COC(=O)C(F)C(=O)c1cccc(C(F)(F)F)c1. The van der Waals surface area contributed by atoms with E-state index < -0.39 is 35.2 Å². The molecule has 1 aromatic rings. The number of hydrogen-bond donors (Lipinski definition) is 0. The van der Waals surface area contributed by atoms with Gasteiger partial charge in [0.25, 0.3) is 6.17 Å². The number of Topliss-reactive ketones (excluding diaryl/α,β-unsaturated/α-hetero) is 1. The lowest BCUT2D eigenvalue weighted by atomic mass is 10.0. The molecule has 0 amide bonds. The molecule has 0 aliphatic heterocycles. The molecule has 0 spiro atoms. The number of carbonyl (C=O) groups is 2. The fraction of sp³-hybridized carbons (Fsp3) is 0.273. The summed E-state index contributed by atoms with van der Waals surface area (Å²) < 4.78 is 54.3. The normalized spacial score (nSPS) is 12.9. The van der Waals surface area contributed by atoms with Gasteiger partial charge in [-0.05, 0) is 12.1 Å². The van der Waals surface area contributed by atoms with Crippen molar-refractivity contribution in [3.63, 3.8) is 0 Å². The smallest absolute Gasteiger partial charge is 0.416 e. The molecule has 7 heteroatoms. The highest BCUT2D eigenvalue weighted by atomic mass is 19.4. The number of methoxy groups -OCH3 is 1. The number of carbonyl (C=O) groups excluding carboxylic acids is 2. The third-order valence-electron chi connectivity index (χ3n) is 2.11. The molecule has 0 aliphatic carbocycles. The molecule has 0 heterocycles. The molecular weight excluding hydrogens is 256 g/mol.